The van der Waals surface area contributed by atoms with Crippen LogP contribution in [0.2, 0.25) is 5.02 Å². The number of carbonyl (C=O) groups is 1. The number of carboxylic acid groups (broad SMARTS) is 1. The topological polar surface area (TPSA) is 60.8 Å². The average molecular weight is 298 g/mol. The third kappa shape index (κ3) is 5.80. The van der Waals surface area contributed by atoms with Gasteiger partial charge in [-0.1, -0.05) is 17.7 Å². The number of aliphatic carboxylic acids is 1. The molecule has 1 aromatic carbocycles. The zero-order valence-corrected chi connectivity index (χ0v) is 10.4. The van der Waals surface area contributed by atoms with Gasteiger partial charge in [0, 0.05) is 6.54 Å². The van der Waals surface area contributed by atoms with Gasteiger partial charge in [0.05, 0.1) is 18.1 Å². The van der Waals surface area contributed by atoms with Crippen LogP contribution in [-0.2, 0) is 11.3 Å². The molecule has 0 unspecified atom stereocenters. The van der Waals surface area contributed by atoms with E-state index in [-0.39, 0.29) is 17.3 Å². The van der Waals surface area contributed by atoms with Gasteiger partial charge in [-0.15, -0.1) is 0 Å². The number of halogens is 4. The molecule has 0 spiro atoms. The van der Waals surface area contributed by atoms with Crippen molar-refractivity contribution in [3.8, 4) is 5.75 Å². The van der Waals surface area contributed by atoms with Crippen LogP contribution in [0.1, 0.15) is 5.56 Å². The van der Waals surface area contributed by atoms with Crippen LogP contribution >= 0.6 is 11.6 Å². The van der Waals surface area contributed by atoms with Gasteiger partial charge in [-0.25, -0.2) is 0 Å². The highest BCUT2D eigenvalue weighted by molar-refractivity contribution is 6.32. The fourth-order valence-electron chi connectivity index (χ4n) is 1.52. The summed E-state index contributed by atoms with van der Waals surface area (Å²) in [7, 11) is 0. The second-order valence-electron chi connectivity index (χ2n) is 3.94. The Morgan fingerprint density at radius 1 is 1.37 bits per heavy atom. The molecule has 0 amide bonds. The number of hydrogen-bond acceptors (Lipinski definition) is 3. The second-order valence-corrected chi connectivity index (χ2v) is 4.35. The Hall–Kier alpha value is -1.47. The smallest absolute Gasteiger partial charge is 0.401 e. The molecule has 0 aliphatic rings. The third-order valence-corrected chi connectivity index (χ3v) is 2.48. The highest BCUT2D eigenvalue weighted by atomic mass is 35.5. The van der Waals surface area contributed by atoms with Gasteiger partial charge in [0.25, 0.3) is 0 Å². The van der Waals surface area contributed by atoms with Crippen LogP contribution < -0.4 is 0 Å². The number of benzene rings is 1. The van der Waals surface area contributed by atoms with Crippen molar-refractivity contribution >= 4 is 17.6 Å². The van der Waals surface area contributed by atoms with E-state index in [0.717, 1.165) is 4.90 Å². The molecular formula is C11H11ClF3NO3. The molecule has 0 atom stereocenters. The summed E-state index contributed by atoms with van der Waals surface area (Å²) < 4.78 is 36.9. The van der Waals surface area contributed by atoms with Crippen molar-refractivity contribution in [1.29, 1.82) is 0 Å². The lowest BCUT2D eigenvalue weighted by Crippen LogP contribution is -2.37. The highest BCUT2D eigenvalue weighted by Gasteiger charge is 2.31. The lowest BCUT2D eigenvalue weighted by molar-refractivity contribution is -0.154. The van der Waals surface area contributed by atoms with Gasteiger partial charge < -0.3 is 10.2 Å². The van der Waals surface area contributed by atoms with Crippen molar-refractivity contribution in [2.24, 2.45) is 0 Å². The summed E-state index contributed by atoms with van der Waals surface area (Å²) in [6, 6.07) is 3.92. The monoisotopic (exact) mass is 297 g/mol. The molecule has 0 bridgehead atoms. The summed E-state index contributed by atoms with van der Waals surface area (Å²) in [5.74, 6) is -1.54. The van der Waals surface area contributed by atoms with E-state index in [0.29, 0.717) is 5.56 Å². The van der Waals surface area contributed by atoms with Crippen molar-refractivity contribution in [3.05, 3.63) is 28.8 Å². The van der Waals surface area contributed by atoms with Crippen LogP contribution in [-0.4, -0.2) is 40.3 Å². The van der Waals surface area contributed by atoms with Crippen LogP contribution in [0.3, 0.4) is 0 Å². The van der Waals surface area contributed by atoms with Gasteiger partial charge in [-0.05, 0) is 17.7 Å². The molecule has 4 nitrogen and oxygen atoms in total. The van der Waals surface area contributed by atoms with Crippen LogP contribution in [0.5, 0.6) is 5.75 Å². The minimum atomic E-state index is -4.49. The zero-order chi connectivity index (χ0) is 14.6. The van der Waals surface area contributed by atoms with Crippen LogP contribution in [0, 0.1) is 0 Å². The number of phenolic OH excluding ortho intramolecular Hbond substituents is 1. The normalized spacial score (nSPS) is 11.8. The maximum Gasteiger partial charge on any atom is 0.401 e. The van der Waals surface area contributed by atoms with E-state index in [2.05, 4.69) is 0 Å². The first-order valence-corrected chi connectivity index (χ1v) is 5.53. The SMILES string of the molecule is O=C(O)CN(Cc1ccc(O)c(Cl)c1)CC(F)(F)F. The number of alkyl halides is 3. The van der Waals surface area contributed by atoms with E-state index in [1.807, 2.05) is 0 Å². The summed E-state index contributed by atoms with van der Waals surface area (Å²) in [4.78, 5) is 11.3. The summed E-state index contributed by atoms with van der Waals surface area (Å²) >= 11 is 5.63. The van der Waals surface area contributed by atoms with Gasteiger partial charge >= 0.3 is 12.1 Å². The Morgan fingerprint density at radius 3 is 2.47 bits per heavy atom. The molecule has 8 heteroatoms. The minimum absolute atomic E-state index is 0.000200. The number of aromatic hydroxyl groups is 1. The summed E-state index contributed by atoms with van der Waals surface area (Å²) in [6.07, 6.45) is -4.49. The van der Waals surface area contributed by atoms with Crippen molar-refractivity contribution in [1.82, 2.24) is 4.90 Å². The lowest BCUT2D eigenvalue weighted by atomic mass is 10.2. The number of rotatable bonds is 5. The second kappa shape index (κ2) is 6.12. The lowest BCUT2D eigenvalue weighted by Gasteiger charge is -2.21. The van der Waals surface area contributed by atoms with Gasteiger partial charge in [0.1, 0.15) is 5.75 Å². The molecular weight excluding hydrogens is 287 g/mol. The molecule has 19 heavy (non-hydrogen) atoms. The number of nitrogens with zero attached hydrogens (tertiary/aromatic N) is 1. The zero-order valence-electron chi connectivity index (χ0n) is 9.62. The molecule has 0 aliphatic carbocycles. The largest absolute Gasteiger partial charge is 0.506 e. The number of carboxylic acids is 1. The fourth-order valence-corrected chi connectivity index (χ4v) is 1.72. The molecule has 0 saturated heterocycles. The third-order valence-electron chi connectivity index (χ3n) is 2.18. The van der Waals surface area contributed by atoms with Gasteiger partial charge in [-0.3, -0.25) is 9.69 Å². The van der Waals surface area contributed by atoms with E-state index in [4.69, 9.17) is 16.7 Å². The Kier molecular flexibility index (Phi) is 5.02. The van der Waals surface area contributed by atoms with Crippen LogP contribution in [0.4, 0.5) is 13.2 Å². The number of hydrogen-bond donors (Lipinski definition) is 2. The fraction of sp³-hybridized carbons (Fsp3) is 0.364. The predicted octanol–water partition coefficient (Wildman–Crippen LogP) is 2.49. The maximum atomic E-state index is 12.3. The van der Waals surface area contributed by atoms with E-state index >= 15 is 0 Å². The van der Waals surface area contributed by atoms with E-state index in [1.165, 1.54) is 18.2 Å². The maximum absolute atomic E-state index is 12.3. The summed E-state index contributed by atoms with van der Waals surface area (Å²) in [5, 5.41) is 17.8. The first-order valence-electron chi connectivity index (χ1n) is 5.15. The molecule has 1 rings (SSSR count). The molecule has 0 heterocycles. The Morgan fingerprint density at radius 2 is 2.00 bits per heavy atom. The molecule has 0 saturated carbocycles. The average Bonchev–Trinajstić information content (AvgIpc) is 2.20. The molecule has 1 aromatic rings. The molecule has 0 aromatic heterocycles. The standard InChI is InChI=1S/C11H11ClF3NO3/c12-8-3-7(1-2-9(8)17)4-16(5-10(18)19)6-11(13,14)15/h1-3,17H,4-6H2,(H,18,19). The Balaban J connectivity index is 2.81. The quantitative estimate of drug-likeness (QED) is 0.876. The Bertz CT molecular complexity index is 465. The van der Waals surface area contributed by atoms with Crippen molar-refractivity contribution in [2.45, 2.75) is 12.7 Å². The molecule has 0 radical (unpaired) electrons. The van der Waals surface area contributed by atoms with Crippen molar-refractivity contribution in [2.75, 3.05) is 13.1 Å². The summed E-state index contributed by atoms with van der Waals surface area (Å²) in [5.41, 5.74) is 0.383. The van der Waals surface area contributed by atoms with E-state index in [9.17, 15) is 23.1 Å². The molecule has 0 aliphatic heterocycles. The van der Waals surface area contributed by atoms with Gasteiger partial charge in [0.2, 0.25) is 0 Å². The van der Waals surface area contributed by atoms with Crippen LogP contribution in [0.15, 0.2) is 18.2 Å². The van der Waals surface area contributed by atoms with Gasteiger partial charge in [0.15, 0.2) is 0 Å². The van der Waals surface area contributed by atoms with E-state index < -0.39 is 25.2 Å². The van der Waals surface area contributed by atoms with Crippen LogP contribution in [0.25, 0.3) is 0 Å². The first-order chi connectivity index (χ1) is 8.67. The minimum Gasteiger partial charge on any atom is -0.506 e. The first kappa shape index (κ1) is 15.6. The molecule has 106 valence electrons. The predicted molar refractivity (Wildman–Crippen MR) is 62.1 cm³/mol. The number of phenols is 1. The van der Waals surface area contributed by atoms with Crippen molar-refractivity contribution in [3.63, 3.8) is 0 Å². The van der Waals surface area contributed by atoms with Gasteiger partial charge in [-0.2, -0.15) is 13.2 Å². The molecule has 0 fully saturated rings. The highest BCUT2D eigenvalue weighted by Crippen LogP contribution is 2.25. The summed E-state index contributed by atoms with van der Waals surface area (Å²) in [6.45, 7) is -2.30. The van der Waals surface area contributed by atoms with Crippen molar-refractivity contribution < 1.29 is 28.2 Å². The molecule has 2 N–H and O–H groups in total. The van der Waals surface area contributed by atoms with E-state index in [1.54, 1.807) is 0 Å². The Labute approximate surface area is 112 Å².